The molecule has 10 nitrogen and oxygen atoms in total. The standard InChI is InChI=1S/C24H29N3O7S2.ClH/c1-31-19-13-16(14-20(32-2)22(19)33-3)23(28)27(8-7-26-9-11-34-12-10-26)24-25-18-6-5-17(36(4,29)30)15-21(18)35-24;/h5-6,13-15H,7-12H2,1-4H3;1H. The van der Waals surface area contributed by atoms with E-state index < -0.39 is 9.84 Å². The molecule has 0 bridgehead atoms. The molecule has 0 N–H and O–H groups in total. The fourth-order valence-corrected chi connectivity index (χ4v) is 5.70. The molecule has 0 radical (unpaired) electrons. The minimum absolute atomic E-state index is 0. The lowest BCUT2D eigenvalue weighted by atomic mass is 10.1. The second-order valence-electron chi connectivity index (χ2n) is 8.22. The van der Waals surface area contributed by atoms with Gasteiger partial charge in [-0.05, 0) is 30.3 Å². The van der Waals surface area contributed by atoms with Crippen molar-refractivity contribution in [1.29, 1.82) is 0 Å². The fraction of sp³-hybridized carbons (Fsp3) is 0.417. The van der Waals surface area contributed by atoms with Gasteiger partial charge in [-0.1, -0.05) is 11.3 Å². The highest BCUT2D eigenvalue weighted by molar-refractivity contribution is 7.90. The molecule has 0 unspecified atom stereocenters. The molecule has 1 aromatic heterocycles. The number of carbonyl (C=O) groups is 1. The quantitative estimate of drug-likeness (QED) is 0.383. The number of thiazole rings is 1. The van der Waals surface area contributed by atoms with E-state index in [4.69, 9.17) is 18.9 Å². The third kappa shape index (κ3) is 6.44. The SMILES string of the molecule is COc1cc(C(=O)N(CCN2CCOCC2)c2nc3ccc(S(C)(=O)=O)cc3s2)cc(OC)c1OC.Cl. The van der Waals surface area contributed by atoms with Gasteiger partial charge in [0, 0.05) is 38.0 Å². The smallest absolute Gasteiger partial charge is 0.260 e. The van der Waals surface area contributed by atoms with Crippen molar-refractivity contribution in [2.45, 2.75) is 4.90 Å². The first kappa shape index (κ1) is 28.9. The van der Waals surface area contributed by atoms with Gasteiger partial charge in [0.25, 0.3) is 5.91 Å². The zero-order valence-corrected chi connectivity index (χ0v) is 23.5. The first-order valence-electron chi connectivity index (χ1n) is 11.3. The highest BCUT2D eigenvalue weighted by Crippen LogP contribution is 2.39. The van der Waals surface area contributed by atoms with Gasteiger partial charge in [-0.15, -0.1) is 12.4 Å². The van der Waals surface area contributed by atoms with Crippen LogP contribution in [0.3, 0.4) is 0 Å². The first-order valence-corrected chi connectivity index (χ1v) is 14.0. The number of hydrogen-bond donors (Lipinski definition) is 0. The molecule has 2 aromatic carbocycles. The normalized spacial score (nSPS) is 14.2. The number of hydrogen-bond acceptors (Lipinski definition) is 10. The van der Waals surface area contributed by atoms with Crippen molar-refractivity contribution in [3.8, 4) is 17.2 Å². The van der Waals surface area contributed by atoms with E-state index in [1.165, 1.54) is 45.0 Å². The second-order valence-corrected chi connectivity index (χ2v) is 11.2. The molecular weight excluding hydrogens is 542 g/mol. The molecule has 0 saturated carbocycles. The van der Waals surface area contributed by atoms with E-state index in [0.29, 0.717) is 64.5 Å². The van der Waals surface area contributed by atoms with Crippen LogP contribution in [-0.4, -0.2) is 91.2 Å². The summed E-state index contributed by atoms with van der Waals surface area (Å²) >= 11 is 1.27. The predicted molar refractivity (Wildman–Crippen MR) is 145 cm³/mol. The van der Waals surface area contributed by atoms with Crippen LogP contribution in [0.15, 0.2) is 35.2 Å². The van der Waals surface area contributed by atoms with Gasteiger partial charge in [-0.2, -0.15) is 0 Å². The Morgan fingerprint density at radius 1 is 1.08 bits per heavy atom. The molecule has 1 saturated heterocycles. The summed E-state index contributed by atoms with van der Waals surface area (Å²) in [4.78, 5) is 22.6. The molecule has 1 fully saturated rings. The van der Waals surface area contributed by atoms with E-state index in [1.807, 2.05) is 0 Å². The number of nitrogens with zero attached hydrogens (tertiary/aromatic N) is 3. The zero-order chi connectivity index (χ0) is 25.9. The van der Waals surface area contributed by atoms with Crippen molar-refractivity contribution in [2.24, 2.45) is 0 Å². The Bertz CT molecular complexity index is 1330. The summed E-state index contributed by atoms with van der Waals surface area (Å²) in [5, 5.41) is 0.475. The van der Waals surface area contributed by atoms with Crippen molar-refractivity contribution < 1.29 is 32.2 Å². The maximum Gasteiger partial charge on any atom is 0.260 e. The number of rotatable bonds is 9. The molecule has 3 aromatic rings. The van der Waals surface area contributed by atoms with Crippen molar-refractivity contribution in [3.63, 3.8) is 0 Å². The molecule has 202 valence electrons. The van der Waals surface area contributed by atoms with Gasteiger partial charge < -0.3 is 18.9 Å². The summed E-state index contributed by atoms with van der Waals surface area (Å²) in [7, 11) is 1.12. The number of sulfone groups is 1. The van der Waals surface area contributed by atoms with Crippen molar-refractivity contribution in [3.05, 3.63) is 35.9 Å². The second kappa shape index (κ2) is 12.3. The van der Waals surface area contributed by atoms with E-state index in [9.17, 15) is 13.2 Å². The Labute approximate surface area is 226 Å². The van der Waals surface area contributed by atoms with Gasteiger partial charge in [0.2, 0.25) is 5.75 Å². The van der Waals surface area contributed by atoms with Crippen LogP contribution >= 0.6 is 23.7 Å². The van der Waals surface area contributed by atoms with Crippen LogP contribution in [0.2, 0.25) is 0 Å². The number of anilines is 1. The monoisotopic (exact) mass is 571 g/mol. The van der Waals surface area contributed by atoms with Gasteiger partial charge in [-0.3, -0.25) is 14.6 Å². The molecule has 0 atom stereocenters. The van der Waals surface area contributed by atoms with Gasteiger partial charge in [0.05, 0.1) is 49.7 Å². The number of carbonyl (C=O) groups excluding carboxylic acids is 1. The number of amides is 1. The van der Waals surface area contributed by atoms with Crippen molar-refractivity contribution >= 4 is 54.8 Å². The number of methoxy groups -OCH3 is 3. The largest absolute Gasteiger partial charge is 0.493 e. The number of fused-ring (bicyclic) bond motifs is 1. The Balaban J connectivity index is 0.00000380. The van der Waals surface area contributed by atoms with E-state index in [-0.39, 0.29) is 23.2 Å². The summed E-state index contributed by atoms with van der Waals surface area (Å²) in [6.45, 7) is 3.87. The van der Waals surface area contributed by atoms with Crippen LogP contribution in [0.25, 0.3) is 10.2 Å². The maximum absolute atomic E-state index is 13.9. The number of benzene rings is 2. The number of ether oxygens (including phenoxy) is 4. The average molecular weight is 572 g/mol. The number of morpholine rings is 1. The molecule has 13 heteroatoms. The highest BCUT2D eigenvalue weighted by Gasteiger charge is 2.26. The van der Waals surface area contributed by atoms with Crippen LogP contribution in [-0.2, 0) is 14.6 Å². The molecule has 0 aliphatic carbocycles. The van der Waals surface area contributed by atoms with E-state index in [1.54, 1.807) is 29.2 Å². The first-order chi connectivity index (χ1) is 17.2. The lowest BCUT2D eigenvalue weighted by Crippen LogP contribution is -2.43. The number of halogens is 1. The van der Waals surface area contributed by atoms with Crippen LogP contribution in [0, 0.1) is 0 Å². The van der Waals surface area contributed by atoms with Gasteiger partial charge in [0.1, 0.15) is 0 Å². The van der Waals surface area contributed by atoms with E-state index >= 15 is 0 Å². The third-order valence-corrected chi connectivity index (χ3v) is 8.06. The van der Waals surface area contributed by atoms with Crippen LogP contribution in [0.4, 0.5) is 5.13 Å². The van der Waals surface area contributed by atoms with Gasteiger partial charge in [0.15, 0.2) is 26.5 Å². The summed E-state index contributed by atoms with van der Waals surface area (Å²) < 4.78 is 46.4. The Morgan fingerprint density at radius 3 is 2.30 bits per heavy atom. The lowest BCUT2D eigenvalue weighted by Gasteiger charge is -2.29. The predicted octanol–water partition coefficient (Wildman–Crippen LogP) is 3.13. The van der Waals surface area contributed by atoms with Crippen LogP contribution in [0.1, 0.15) is 10.4 Å². The molecular formula is C24H30ClN3O7S2. The zero-order valence-electron chi connectivity index (χ0n) is 21.1. The summed E-state index contributed by atoms with van der Waals surface area (Å²) in [6, 6.07) is 8.01. The van der Waals surface area contributed by atoms with Gasteiger partial charge >= 0.3 is 0 Å². The van der Waals surface area contributed by atoms with Gasteiger partial charge in [-0.25, -0.2) is 13.4 Å². The van der Waals surface area contributed by atoms with Crippen LogP contribution in [0.5, 0.6) is 17.2 Å². The Kier molecular flexibility index (Phi) is 9.59. The fourth-order valence-electron chi connectivity index (χ4n) is 3.95. The molecule has 37 heavy (non-hydrogen) atoms. The molecule has 0 spiro atoms. The maximum atomic E-state index is 13.9. The lowest BCUT2D eigenvalue weighted by molar-refractivity contribution is 0.0391. The highest BCUT2D eigenvalue weighted by atomic mass is 35.5. The van der Waals surface area contributed by atoms with Crippen LogP contribution < -0.4 is 19.1 Å². The minimum atomic E-state index is -3.37. The summed E-state index contributed by atoms with van der Waals surface area (Å²) in [5.41, 5.74) is 0.971. The summed E-state index contributed by atoms with van der Waals surface area (Å²) in [5.74, 6) is 0.848. The molecule has 1 amide bonds. The van der Waals surface area contributed by atoms with E-state index in [0.717, 1.165) is 13.1 Å². The Morgan fingerprint density at radius 2 is 1.73 bits per heavy atom. The molecule has 4 rings (SSSR count). The minimum Gasteiger partial charge on any atom is -0.493 e. The Hall–Kier alpha value is -2.64. The number of aromatic nitrogens is 1. The van der Waals surface area contributed by atoms with Crippen molar-refractivity contribution in [2.75, 3.05) is 71.9 Å². The topological polar surface area (TPSA) is 108 Å². The average Bonchev–Trinajstić information content (AvgIpc) is 3.31. The molecule has 2 heterocycles. The van der Waals surface area contributed by atoms with Crippen molar-refractivity contribution in [1.82, 2.24) is 9.88 Å². The third-order valence-electron chi connectivity index (χ3n) is 5.91. The molecule has 1 aliphatic rings. The summed E-state index contributed by atoms with van der Waals surface area (Å²) in [6.07, 6.45) is 1.17. The molecule has 1 aliphatic heterocycles. The van der Waals surface area contributed by atoms with E-state index in [2.05, 4.69) is 9.88 Å².